The van der Waals surface area contributed by atoms with Gasteiger partial charge in [0.2, 0.25) is 0 Å². The maximum Gasteiger partial charge on any atom is 0.164 e. The molecule has 7 heteroatoms. The van der Waals surface area contributed by atoms with Crippen molar-refractivity contribution in [1.29, 1.82) is 0 Å². The highest BCUT2D eigenvalue weighted by molar-refractivity contribution is 7.70. The molecule has 3 heterocycles. The van der Waals surface area contributed by atoms with Gasteiger partial charge >= 0.3 is 0 Å². The molecule has 0 fully saturated rings. The fourth-order valence-electron chi connectivity index (χ4n) is 8.45. The van der Waals surface area contributed by atoms with Crippen LogP contribution in [0.2, 0.25) is 0 Å². The molecule has 3 aromatic heterocycles. The first kappa shape index (κ1) is 36.5. The van der Waals surface area contributed by atoms with Crippen molar-refractivity contribution in [3.8, 4) is 62.2 Å². The summed E-state index contributed by atoms with van der Waals surface area (Å²) in [5.74, 6) is 1.73. The molecule has 11 aromatic rings. The van der Waals surface area contributed by atoms with Crippen molar-refractivity contribution in [2.45, 2.75) is 0 Å². The van der Waals surface area contributed by atoms with E-state index in [9.17, 15) is 4.57 Å². The SMILES string of the molecule is CP(C)(=O)c1ccc(-c2nc(-c3ccccc3)nc(-c3ccc(-c4ccc5nc(-c6ccccc6)c6cc7c(cc6c5c4)c4ccccc4n7-c4ccccc4)cc3)n2)cc1. The molecule has 61 heavy (non-hydrogen) atoms. The third-order valence-corrected chi connectivity index (χ3v) is 13.1. The van der Waals surface area contributed by atoms with Gasteiger partial charge in [-0.2, -0.15) is 0 Å². The first-order valence-electron chi connectivity index (χ1n) is 20.4. The number of fused-ring (bicyclic) bond motifs is 6. The fourth-order valence-corrected chi connectivity index (χ4v) is 9.31. The predicted molar refractivity (Wildman–Crippen MR) is 253 cm³/mol. The Kier molecular flexibility index (Phi) is 8.76. The van der Waals surface area contributed by atoms with Gasteiger partial charge in [-0.05, 0) is 72.3 Å². The normalized spacial score (nSPS) is 11.8. The van der Waals surface area contributed by atoms with Crippen LogP contribution in [-0.4, -0.2) is 37.8 Å². The van der Waals surface area contributed by atoms with Gasteiger partial charge in [-0.1, -0.05) is 152 Å². The smallest absolute Gasteiger partial charge is 0.164 e. The molecule has 0 N–H and O–H groups in total. The second-order valence-electron chi connectivity index (χ2n) is 15.8. The second-order valence-corrected chi connectivity index (χ2v) is 19.0. The highest BCUT2D eigenvalue weighted by atomic mass is 31.2. The van der Waals surface area contributed by atoms with Crippen LogP contribution >= 0.6 is 7.14 Å². The largest absolute Gasteiger partial charge is 0.319 e. The van der Waals surface area contributed by atoms with E-state index in [2.05, 4.69) is 144 Å². The topological polar surface area (TPSA) is 73.6 Å². The van der Waals surface area contributed by atoms with Crippen molar-refractivity contribution in [2.24, 2.45) is 0 Å². The summed E-state index contributed by atoms with van der Waals surface area (Å²) in [6.45, 7) is 3.56. The van der Waals surface area contributed by atoms with Gasteiger partial charge in [-0.15, -0.1) is 0 Å². The molecule has 0 radical (unpaired) electrons. The van der Waals surface area contributed by atoms with Gasteiger partial charge in [0, 0.05) is 54.8 Å². The Hall–Kier alpha value is -7.53. The highest BCUT2D eigenvalue weighted by Crippen LogP contribution is 2.41. The van der Waals surface area contributed by atoms with Gasteiger partial charge in [0.15, 0.2) is 17.5 Å². The minimum Gasteiger partial charge on any atom is -0.319 e. The molecule has 0 saturated carbocycles. The molecule has 6 nitrogen and oxygen atoms in total. The molecule has 0 spiro atoms. The van der Waals surface area contributed by atoms with Crippen LogP contribution in [0.4, 0.5) is 0 Å². The summed E-state index contributed by atoms with van der Waals surface area (Å²) < 4.78 is 15.1. The summed E-state index contributed by atoms with van der Waals surface area (Å²) in [5.41, 5.74) is 11.2. The van der Waals surface area contributed by atoms with Crippen molar-refractivity contribution in [1.82, 2.24) is 24.5 Å². The third kappa shape index (κ3) is 6.58. The van der Waals surface area contributed by atoms with Crippen LogP contribution in [-0.2, 0) is 4.57 Å². The van der Waals surface area contributed by atoms with Gasteiger partial charge in [-0.25, -0.2) is 19.9 Å². The lowest BCUT2D eigenvalue weighted by Gasteiger charge is -2.14. The quantitative estimate of drug-likeness (QED) is 0.118. The van der Waals surface area contributed by atoms with E-state index in [1.807, 2.05) is 54.6 Å². The van der Waals surface area contributed by atoms with Crippen molar-refractivity contribution in [3.63, 3.8) is 0 Å². The summed E-state index contributed by atoms with van der Waals surface area (Å²) in [7, 11) is -2.40. The summed E-state index contributed by atoms with van der Waals surface area (Å²) in [5, 5.41) is 6.59. The minimum absolute atomic E-state index is 0.561. The van der Waals surface area contributed by atoms with Crippen molar-refractivity contribution in [3.05, 3.63) is 194 Å². The van der Waals surface area contributed by atoms with Crippen LogP contribution in [0.25, 0.3) is 106 Å². The van der Waals surface area contributed by atoms with Crippen molar-refractivity contribution in [2.75, 3.05) is 13.3 Å². The van der Waals surface area contributed by atoms with Crippen LogP contribution in [0, 0.1) is 0 Å². The zero-order chi connectivity index (χ0) is 41.1. The Morgan fingerprint density at radius 1 is 0.377 bits per heavy atom. The molecular formula is C54H38N5OP. The van der Waals surface area contributed by atoms with Crippen LogP contribution in [0.15, 0.2) is 194 Å². The third-order valence-electron chi connectivity index (χ3n) is 11.5. The van der Waals surface area contributed by atoms with Crippen LogP contribution in [0.3, 0.4) is 0 Å². The Labute approximate surface area is 353 Å². The molecule has 0 bridgehead atoms. The summed E-state index contributed by atoms with van der Waals surface area (Å²) in [6, 6.07) is 67.2. The molecule has 8 aromatic carbocycles. The van der Waals surface area contributed by atoms with Crippen molar-refractivity contribution >= 4 is 55.9 Å². The lowest BCUT2D eigenvalue weighted by atomic mass is 9.95. The van der Waals surface area contributed by atoms with Gasteiger partial charge in [0.25, 0.3) is 0 Å². The van der Waals surface area contributed by atoms with E-state index in [0.29, 0.717) is 17.5 Å². The highest BCUT2D eigenvalue weighted by Gasteiger charge is 2.19. The Balaban J connectivity index is 1.05. The number of rotatable bonds is 7. The molecule has 0 amide bonds. The summed E-state index contributed by atoms with van der Waals surface area (Å²) >= 11 is 0. The number of hydrogen-bond donors (Lipinski definition) is 0. The first-order chi connectivity index (χ1) is 29.9. The zero-order valence-electron chi connectivity index (χ0n) is 33.6. The Morgan fingerprint density at radius 3 is 1.54 bits per heavy atom. The van der Waals surface area contributed by atoms with Crippen molar-refractivity contribution < 1.29 is 4.57 Å². The van der Waals surface area contributed by atoms with Gasteiger partial charge in [0.1, 0.15) is 7.14 Å². The molecular weight excluding hydrogens is 766 g/mol. The van der Waals surface area contributed by atoms with Crippen LogP contribution < -0.4 is 5.30 Å². The van der Waals surface area contributed by atoms with Crippen LogP contribution in [0.5, 0.6) is 0 Å². The average Bonchev–Trinajstić information content (AvgIpc) is 3.64. The number of nitrogens with zero attached hydrogens (tertiary/aromatic N) is 5. The van der Waals surface area contributed by atoms with Gasteiger partial charge < -0.3 is 9.13 Å². The van der Waals surface area contributed by atoms with E-state index in [4.69, 9.17) is 19.9 Å². The Morgan fingerprint density at radius 2 is 0.902 bits per heavy atom. The number of hydrogen-bond acceptors (Lipinski definition) is 5. The first-order valence-corrected chi connectivity index (χ1v) is 23.0. The molecule has 0 unspecified atom stereocenters. The number of aromatic nitrogens is 5. The van der Waals surface area contributed by atoms with Gasteiger partial charge in [0.05, 0.1) is 22.2 Å². The maximum atomic E-state index is 12.8. The second kappa shape index (κ2) is 14.6. The number of para-hydroxylation sites is 2. The van der Waals surface area contributed by atoms with Crippen LogP contribution in [0.1, 0.15) is 0 Å². The standard InChI is InChI=1S/C54H38N5OP/c1-61(2,60)42-29-26-39(27-30-42)54-57-52(37-16-8-4-9-17-37)56-53(58-54)38-24-22-35(23-25-38)40-28-31-48-45(32-40)44-33-46-43-20-12-13-21-49(43)59(41-18-10-5-11-19-41)50(46)34-47(44)51(55-48)36-14-6-3-7-15-36/h3-34H,1-2H3. The minimum atomic E-state index is -2.40. The summed E-state index contributed by atoms with van der Waals surface area (Å²) in [4.78, 5) is 20.2. The van der Waals surface area contributed by atoms with E-state index in [0.717, 1.165) is 77.3 Å². The van der Waals surface area contributed by atoms with Gasteiger partial charge in [-0.3, -0.25) is 0 Å². The average molecular weight is 804 g/mol. The number of pyridine rings is 1. The molecule has 0 aliphatic carbocycles. The van der Waals surface area contributed by atoms with E-state index in [1.54, 1.807) is 13.3 Å². The molecule has 290 valence electrons. The van der Waals surface area contributed by atoms with E-state index < -0.39 is 7.14 Å². The summed E-state index contributed by atoms with van der Waals surface area (Å²) in [6.07, 6.45) is 0. The predicted octanol–water partition coefficient (Wildman–Crippen LogP) is 13.3. The lowest BCUT2D eigenvalue weighted by molar-refractivity contribution is 0.588. The molecule has 0 aliphatic rings. The molecule has 11 rings (SSSR count). The monoisotopic (exact) mass is 803 g/mol. The maximum absolute atomic E-state index is 12.8. The lowest BCUT2D eigenvalue weighted by Crippen LogP contribution is -2.03. The molecule has 0 saturated heterocycles. The zero-order valence-corrected chi connectivity index (χ0v) is 34.5. The fraction of sp³-hybridized carbons (Fsp3) is 0.0370. The van der Waals surface area contributed by atoms with E-state index in [-0.39, 0.29) is 0 Å². The van der Waals surface area contributed by atoms with E-state index >= 15 is 0 Å². The molecule has 0 aliphatic heterocycles. The Bertz CT molecular complexity index is 3490. The number of benzene rings is 8. The van der Waals surface area contributed by atoms with E-state index in [1.165, 1.54) is 16.3 Å². The molecule has 0 atom stereocenters.